The van der Waals surface area contributed by atoms with E-state index < -0.39 is 11.9 Å². The van der Waals surface area contributed by atoms with Crippen molar-refractivity contribution in [1.82, 2.24) is 4.57 Å². The van der Waals surface area contributed by atoms with Crippen LogP contribution < -0.4 is 4.74 Å². The second-order valence-corrected chi connectivity index (χ2v) is 9.05. The number of fused-ring (bicyclic) bond motifs is 3. The zero-order valence-corrected chi connectivity index (χ0v) is 22.0. The lowest BCUT2D eigenvalue weighted by atomic mass is 9.91. The highest BCUT2D eigenvalue weighted by molar-refractivity contribution is 6.17. The lowest BCUT2D eigenvalue weighted by molar-refractivity contribution is -0.140. The van der Waals surface area contributed by atoms with Gasteiger partial charge in [-0.3, -0.25) is 0 Å². The number of carbonyl (C=O) groups excluding carboxylic acids is 1. The van der Waals surface area contributed by atoms with E-state index in [1.54, 1.807) is 34.8 Å². The molecule has 0 unspecified atom stereocenters. The molecule has 0 aliphatic carbocycles. The summed E-state index contributed by atoms with van der Waals surface area (Å²) in [4.78, 5) is 25.6. The fraction of sp³-hybridized carbons (Fsp3) is 0.226. The van der Waals surface area contributed by atoms with E-state index in [1.807, 2.05) is 67.6 Å². The summed E-state index contributed by atoms with van der Waals surface area (Å²) in [6.07, 6.45) is 0. The molecule has 0 bridgehead atoms. The van der Waals surface area contributed by atoms with E-state index in [4.69, 9.17) is 9.47 Å². The molecule has 6 heteroatoms. The average Bonchev–Trinajstić information content (AvgIpc) is 3.18. The lowest BCUT2D eigenvalue weighted by Gasteiger charge is -2.15. The molecule has 6 nitrogen and oxygen atoms in total. The summed E-state index contributed by atoms with van der Waals surface area (Å²) in [7, 11) is 1.63. The minimum Gasteiger partial charge on any atom is -0.496 e. The van der Waals surface area contributed by atoms with Crippen LogP contribution in [0.1, 0.15) is 39.0 Å². The lowest BCUT2D eigenvalue weighted by Crippen LogP contribution is -2.17. The third kappa shape index (κ3) is 4.40. The number of hydrogen-bond donors (Lipinski definition) is 1. The number of aromatic nitrogens is 1. The number of hydrogen-bond acceptors (Lipinski definition) is 4. The number of benzene rings is 3. The number of allylic oxidation sites excluding steroid dienone is 2. The molecule has 190 valence electrons. The van der Waals surface area contributed by atoms with Crippen LogP contribution in [0, 0.1) is 6.92 Å². The number of rotatable bonds is 7. The van der Waals surface area contributed by atoms with Gasteiger partial charge in [-0.2, -0.15) is 0 Å². The Kier molecular flexibility index (Phi) is 7.21. The number of carboxylic acid groups (broad SMARTS) is 1. The zero-order chi connectivity index (χ0) is 26.9. The van der Waals surface area contributed by atoms with Gasteiger partial charge in [-0.15, -0.1) is 0 Å². The minimum absolute atomic E-state index is 0.0687. The topological polar surface area (TPSA) is 77.8 Å². The van der Waals surface area contributed by atoms with Crippen LogP contribution in [-0.2, 0) is 14.3 Å². The van der Waals surface area contributed by atoms with Crippen LogP contribution in [0.4, 0.5) is 0 Å². The minimum atomic E-state index is -1.19. The van der Waals surface area contributed by atoms with Crippen molar-refractivity contribution in [3.8, 4) is 11.4 Å². The van der Waals surface area contributed by atoms with E-state index in [-0.39, 0.29) is 17.8 Å². The maximum Gasteiger partial charge on any atom is 0.338 e. The molecule has 0 saturated heterocycles. The molecule has 4 rings (SSSR count). The quantitative estimate of drug-likeness (QED) is 0.171. The van der Waals surface area contributed by atoms with E-state index in [0.717, 1.165) is 38.6 Å². The SMILES string of the molecule is CCOC(=O)C(=C(C)C)C(C(=O)O)=C(C)c1c(C)n(-c2ccccc2)c2c1cc(OC)c1ccccc12. The van der Waals surface area contributed by atoms with Gasteiger partial charge < -0.3 is 19.1 Å². The summed E-state index contributed by atoms with van der Waals surface area (Å²) >= 11 is 0. The Hall–Kier alpha value is -4.32. The van der Waals surface area contributed by atoms with Crippen LogP contribution in [-0.4, -0.2) is 35.3 Å². The third-order valence-electron chi connectivity index (χ3n) is 6.60. The van der Waals surface area contributed by atoms with Crippen LogP contribution in [0.3, 0.4) is 0 Å². The first-order valence-corrected chi connectivity index (χ1v) is 12.2. The number of carboxylic acids is 1. The maximum atomic E-state index is 12.9. The van der Waals surface area contributed by atoms with Crippen LogP contribution >= 0.6 is 0 Å². The van der Waals surface area contributed by atoms with Crippen molar-refractivity contribution in [1.29, 1.82) is 0 Å². The van der Waals surface area contributed by atoms with Crippen LogP contribution in [0.15, 0.2) is 77.4 Å². The fourth-order valence-electron chi connectivity index (χ4n) is 5.11. The van der Waals surface area contributed by atoms with E-state index >= 15 is 0 Å². The summed E-state index contributed by atoms with van der Waals surface area (Å²) in [5.41, 5.74) is 4.53. The summed E-state index contributed by atoms with van der Waals surface area (Å²) in [5, 5.41) is 13.1. The number of ether oxygens (including phenoxy) is 2. The highest BCUT2D eigenvalue weighted by Gasteiger charge is 2.29. The molecule has 4 aromatic rings. The molecule has 1 N–H and O–H groups in total. The Morgan fingerprint density at radius 1 is 0.892 bits per heavy atom. The van der Waals surface area contributed by atoms with Crippen molar-refractivity contribution >= 4 is 39.2 Å². The molecule has 3 aromatic carbocycles. The van der Waals surface area contributed by atoms with Crippen molar-refractivity contribution < 1.29 is 24.2 Å². The van der Waals surface area contributed by atoms with Gasteiger partial charge in [0.15, 0.2) is 0 Å². The molecule has 1 heterocycles. The highest BCUT2D eigenvalue weighted by Crippen LogP contribution is 2.43. The molecule has 0 atom stereocenters. The number of esters is 1. The smallest absolute Gasteiger partial charge is 0.338 e. The fourth-order valence-corrected chi connectivity index (χ4v) is 5.11. The van der Waals surface area contributed by atoms with E-state index in [2.05, 4.69) is 4.57 Å². The molecule has 0 radical (unpaired) electrons. The van der Waals surface area contributed by atoms with Gasteiger partial charge in [0.1, 0.15) is 5.75 Å². The summed E-state index contributed by atoms with van der Waals surface area (Å²) in [6.45, 7) is 9.02. The van der Waals surface area contributed by atoms with Gasteiger partial charge in [0, 0.05) is 33.1 Å². The van der Waals surface area contributed by atoms with Crippen molar-refractivity contribution in [2.75, 3.05) is 13.7 Å². The molecule has 0 spiro atoms. The second-order valence-electron chi connectivity index (χ2n) is 9.05. The summed E-state index contributed by atoms with van der Waals surface area (Å²) < 4.78 is 13.2. The highest BCUT2D eigenvalue weighted by atomic mass is 16.5. The number of para-hydroxylation sites is 1. The Balaban J connectivity index is 2.23. The third-order valence-corrected chi connectivity index (χ3v) is 6.60. The Bertz CT molecular complexity index is 1580. The Labute approximate surface area is 216 Å². The zero-order valence-electron chi connectivity index (χ0n) is 22.0. The maximum absolute atomic E-state index is 12.9. The van der Waals surface area contributed by atoms with Gasteiger partial charge in [-0.05, 0) is 58.4 Å². The first-order chi connectivity index (χ1) is 17.7. The van der Waals surface area contributed by atoms with E-state index in [0.29, 0.717) is 16.9 Å². The molecular weight excluding hydrogens is 466 g/mol. The van der Waals surface area contributed by atoms with Crippen molar-refractivity contribution in [2.45, 2.75) is 34.6 Å². The monoisotopic (exact) mass is 497 g/mol. The largest absolute Gasteiger partial charge is 0.496 e. The summed E-state index contributed by atoms with van der Waals surface area (Å²) in [5.74, 6) is -1.15. The first kappa shape index (κ1) is 25.8. The van der Waals surface area contributed by atoms with Crippen LogP contribution in [0.5, 0.6) is 5.75 Å². The van der Waals surface area contributed by atoms with Gasteiger partial charge in [0.05, 0.1) is 30.4 Å². The molecular formula is C31H31NO5. The number of nitrogens with zero attached hydrogens (tertiary/aromatic N) is 1. The average molecular weight is 498 g/mol. The predicted molar refractivity (Wildman–Crippen MR) is 147 cm³/mol. The number of aliphatic carboxylic acids is 1. The second kappa shape index (κ2) is 10.3. The molecule has 0 saturated carbocycles. The molecule has 37 heavy (non-hydrogen) atoms. The molecule has 0 amide bonds. The van der Waals surface area contributed by atoms with Crippen molar-refractivity contribution in [2.24, 2.45) is 0 Å². The molecule has 0 aliphatic rings. The van der Waals surface area contributed by atoms with E-state index in [9.17, 15) is 14.7 Å². The normalized spacial score (nSPS) is 11.8. The van der Waals surface area contributed by atoms with Gasteiger partial charge in [0.2, 0.25) is 0 Å². The number of methoxy groups -OCH3 is 1. The van der Waals surface area contributed by atoms with Crippen molar-refractivity contribution in [3.05, 3.63) is 88.6 Å². The Morgan fingerprint density at radius 2 is 1.51 bits per heavy atom. The van der Waals surface area contributed by atoms with Gasteiger partial charge in [-0.1, -0.05) is 48.0 Å². The van der Waals surface area contributed by atoms with E-state index in [1.165, 1.54) is 0 Å². The molecule has 0 fully saturated rings. The first-order valence-electron chi connectivity index (χ1n) is 12.2. The van der Waals surface area contributed by atoms with Gasteiger partial charge in [0.25, 0.3) is 0 Å². The van der Waals surface area contributed by atoms with Crippen LogP contribution in [0.25, 0.3) is 32.9 Å². The van der Waals surface area contributed by atoms with Crippen molar-refractivity contribution in [3.63, 3.8) is 0 Å². The Morgan fingerprint density at radius 3 is 2.08 bits per heavy atom. The number of carbonyl (C=O) groups is 2. The standard InChI is InChI=1S/C31H31NO5/c1-7-37-31(35)26(18(2)3)28(30(33)34)19(4)27-20(5)32(21-13-9-8-10-14-21)29-23-16-12-11-15-22(23)25(36-6)17-24(27)29/h8-17H,7H2,1-6H3,(H,33,34). The van der Waals surface area contributed by atoms with Crippen LogP contribution in [0.2, 0.25) is 0 Å². The molecule has 1 aromatic heterocycles. The van der Waals surface area contributed by atoms with Gasteiger partial charge in [-0.25, -0.2) is 9.59 Å². The van der Waals surface area contributed by atoms with Gasteiger partial charge >= 0.3 is 11.9 Å². The molecule has 0 aliphatic heterocycles. The summed E-state index contributed by atoms with van der Waals surface area (Å²) in [6, 6.07) is 19.9. The predicted octanol–water partition coefficient (Wildman–Crippen LogP) is 6.86.